The van der Waals surface area contributed by atoms with Crippen LogP contribution in [0.5, 0.6) is 0 Å². The maximum atomic E-state index is 12.2. The van der Waals surface area contributed by atoms with Crippen LogP contribution in [0.3, 0.4) is 0 Å². The molecule has 2 N–H and O–H groups in total. The van der Waals surface area contributed by atoms with Crippen LogP contribution in [0, 0.1) is 5.92 Å². The van der Waals surface area contributed by atoms with E-state index in [1.165, 1.54) is 12.3 Å². The van der Waals surface area contributed by atoms with Crippen LogP contribution in [0.4, 0.5) is 0 Å². The zero-order valence-corrected chi connectivity index (χ0v) is 13.2. The van der Waals surface area contributed by atoms with Crippen LogP contribution in [-0.2, 0) is 5.60 Å². The molecule has 22 heavy (non-hydrogen) atoms. The van der Waals surface area contributed by atoms with Crippen molar-refractivity contribution in [2.45, 2.75) is 18.4 Å². The first-order chi connectivity index (χ1) is 10.5. The highest BCUT2D eigenvalue weighted by molar-refractivity contribution is 6.42. The lowest BCUT2D eigenvalue weighted by atomic mass is 9.94. The summed E-state index contributed by atoms with van der Waals surface area (Å²) in [4.78, 5) is 12.2. The molecule has 116 valence electrons. The molecule has 1 atom stereocenters. The zero-order valence-electron chi connectivity index (χ0n) is 11.7. The maximum absolute atomic E-state index is 12.2. The molecule has 1 aromatic heterocycles. The molecule has 1 fully saturated rings. The van der Waals surface area contributed by atoms with E-state index in [1.807, 2.05) is 0 Å². The third-order valence-electron chi connectivity index (χ3n) is 3.90. The van der Waals surface area contributed by atoms with Gasteiger partial charge in [-0.3, -0.25) is 4.79 Å². The van der Waals surface area contributed by atoms with Gasteiger partial charge in [0.1, 0.15) is 11.4 Å². The van der Waals surface area contributed by atoms with Gasteiger partial charge in [0.15, 0.2) is 0 Å². The fourth-order valence-corrected chi connectivity index (χ4v) is 2.77. The molecule has 0 radical (unpaired) electrons. The Balaban J connectivity index is 1.72. The molecule has 3 rings (SSSR count). The molecule has 1 aliphatic rings. The van der Waals surface area contributed by atoms with Crippen LogP contribution in [0.2, 0.25) is 10.0 Å². The molecule has 1 unspecified atom stereocenters. The number of benzene rings is 1. The van der Waals surface area contributed by atoms with Crippen LogP contribution in [0.1, 0.15) is 29.0 Å². The summed E-state index contributed by atoms with van der Waals surface area (Å²) in [5, 5.41) is 14.3. The first kappa shape index (κ1) is 15.4. The third-order valence-corrected chi connectivity index (χ3v) is 4.64. The van der Waals surface area contributed by atoms with Crippen molar-refractivity contribution in [3.63, 3.8) is 0 Å². The summed E-state index contributed by atoms with van der Waals surface area (Å²) in [5.74, 6) is 0.265. The van der Waals surface area contributed by atoms with Crippen molar-refractivity contribution in [3.8, 4) is 0 Å². The van der Waals surface area contributed by atoms with Crippen LogP contribution in [0.15, 0.2) is 41.0 Å². The molecule has 0 spiro atoms. The van der Waals surface area contributed by atoms with Crippen molar-refractivity contribution < 1.29 is 14.3 Å². The first-order valence-corrected chi connectivity index (χ1v) is 7.76. The molecule has 2 aromatic rings. The monoisotopic (exact) mass is 339 g/mol. The number of carbonyl (C=O) groups excluding carboxylic acids is 1. The molecular formula is C16H15Cl2NO3. The fraction of sp³-hybridized carbons (Fsp3) is 0.312. The summed E-state index contributed by atoms with van der Waals surface area (Å²) in [5.41, 5.74) is -0.776. The lowest BCUT2D eigenvalue weighted by molar-refractivity contribution is -0.00610. The lowest BCUT2D eigenvalue weighted by Crippen LogP contribution is -2.42. The van der Waals surface area contributed by atoms with Crippen LogP contribution in [-0.4, -0.2) is 17.6 Å². The number of furan rings is 1. The fourth-order valence-electron chi connectivity index (χ4n) is 2.47. The standard InChI is InChI=1S/C16H15Cl2NO3/c17-12-6-3-10(8-13(12)18)15(20)19-9-16(21,11-4-5-11)14-2-1-7-22-14/h1-3,6-8,11,21H,4-5,9H2,(H,19,20). The number of nitrogens with one attached hydrogen (secondary N) is 1. The largest absolute Gasteiger partial charge is 0.466 e. The highest BCUT2D eigenvalue weighted by atomic mass is 35.5. The third kappa shape index (κ3) is 3.00. The second-order valence-electron chi connectivity index (χ2n) is 5.49. The molecular weight excluding hydrogens is 325 g/mol. The van der Waals surface area contributed by atoms with E-state index in [-0.39, 0.29) is 18.4 Å². The first-order valence-electron chi connectivity index (χ1n) is 7.00. The Labute approximate surface area is 138 Å². The topological polar surface area (TPSA) is 62.5 Å². The van der Waals surface area contributed by atoms with Crippen LogP contribution in [0.25, 0.3) is 0 Å². The molecule has 6 heteroatoms. The summed E-state index contributed by atoms with van der Waals surface area (Å²) in [6, 6.07) is 8.11. The number of hydrogen-bond donors (Lipinski definition) is 2. The molecule has 1 saturated carbocycles. The Bertz CT molecular complexity index is 683. The quantitative estimate of drug-likeness (QED) is 0.874. The predicted molar refractivity (Wildman–Crippen MR) is 84.1 cm³/mol. The Morgan fingerprint density at radius 2 is 2.09 bits per heavy atom. The molecule has 1 heterocycles. The van der Waals surface area contributed by atoms with Crippen molar-refractivity contribution in [2.75, 3.05) is 6.54 Å². The zero-order chi connectivity index (χ0) is 15.7. The van der Waals surface area contributed by atoms with E-state index in [1.54, 1.807) is 24.3 Å². The van der Waals surface area contributed by atoms with Gasteiger partial charge in [0.2, 0.25) is 0 Å². The van der Waals surface area contributed by atoms with Crippen LogP contribution >= 0.6 is 23.2 Å². The number of carbonyl (C=O) groups is 1. The average molecular weight is 340 g/mol. The van der Waals surface area contributed by atoms with Crippen molar-refractivity contribution >= 4 is 29.1 Å². The van der Waals surface area contributed by atoms with E-state index in [0.29, 0.717) is 21.4 Å². The molecule has 0 bridgehead atoms. The Kier molecular flexibility index (Phi) is 4.17. The van der Waals surface area contributed by atoms with Gasteiger partial charge in [-0.15, -0.1) is 0 Å². The summed E-state index contributed by atoms with van der Waals surface area (Å²) in [6.07, 6.45) is 3.35. The normalized spacial score (nSPS) is 17.0. The minimum absolute atomic E-state index is 0.0876. The predicted octanol–water partition coefficient (Wildman–Crippen LogP) is 3.61. The number of amides is 1. The maximum Gasteiger partial charge on any atom is 0.251 e. The summed E-state index contributed by atoms with van der Waals surface area (Å²) in [6.45, 7) is 0.0876. The van der Waals surface area contributed by atoms with Gasteiger partial charge in [0.05, 0.1) is 22.9 Å². The average Bonchev–Trinajstić information content (AvgIpc) is 3.22. The van der Waals surface area contributed by atoms with Crippen molar-refractivity contribution in [3.05, 3.63) is 58.0 Å². The minimum Gasteiger partial charge on any atom is -0.466 e. The van der Waals surface area contributed by atoms with Gasteiger partial charge in [0, 0.05) is 5.56 Å². The Morgan fingerprint density at radius 1 is 1.32 bits per heavy atom. The molecule has 1 amide bonds. The van der Waals surface area contributed by atoms with E-state index >= 15 is 0 Å². The Hall–Kier alpha value is -1.49. The SMILES string of the molecule is O=C(NCC(O)(c1ccco1)C1CC1)c1ccc(Cl)c(Cl)c1. The van der Waals surface area contributed by atoms with E-state index in [0.717, 1.165) is 12.8 Å². The van der Waals surface area contributed by atoms with E-state index in [2.05, 4.69) is 5.32 Å². The smallest absolute Gasteiger partial charge is 0.251 e. The van der Waals surface area contributed by atoms with E-state index < -0.39 is 5.60 Å². The van der Waals surface area contributed by atoms with Crippen molar-refractivity contribution in [2.24, 2.45) is 5.92 Å². The van der Waals surface area contributed by atoms with Crippen LogP contribution < -0.4 is 5.32 Å². The minimum atomic E-state index is -1.17. The van der Waals surface area contributed by atoms with Gasteiger partial charge < -0.3 is 14.8 Å². The molecule has 1 aromatic carbocycles. The number of rotatable bonds is 5. The molecule has 0 saturated heterocycles. The molecule has 1 aliphatic carbocycles. The highest BCUT2D eigenvalue weighted by Crippen LogP contribution is 2.45. The second-order valence-corrected chi connectivity index (χ2v) is 6.30. The van der Waals surface area contributed by atoms with Gasteiger partial charge in [-0.05, 0) is 49.1 Å². The second kappa shape index (κ2) is 5.95. The summed E-state index contributed by atoms with van der Waals surface area (Å²) >= 11 is 11.7. The van der Waals surface area contributed by atoms with E-state index in [4.69, 9.17) is 27.6 Å². The Morgan fingerprint density at radius 3 is 2.68 bits per heavy atom. The highest BCUT2D eigenvalue weighted by Gasteiger charge is 2.47. The van der Waals surface area contributed by atoms with Gasteiger partial charge >= 0.3 is 0 Å². The number of halogens is 2. The van der Waals surface area contributed by atoms with E-state index in [9.17, 15) is 9.90 Å². The van der Waals surface area contributed by atoms with Gasteiger partial charge in [-0.25, -0.2) is 0 Å². The van der Waals surface area contributed by atoms with Crippen molar-refractivity contribution in [1.82, 2.24) is 5.32 Å². The molecule has 4 nitrogen and oxygen atoms in total. The van der Waals surface area contributed by atoms with Gasteiger partial charge in [-0.2, -0.15) is 0 Å². The van der Waals surface area contributed by atoms with Gasteiger partial charge in [-0.1, -0.05) is 23.2 Å². The van der Waals surface area contributed by atoms with Crippen molar-refractivity contribution in [1.29, 1.82) is 0 Å². The molecule has 0 aliphatic heterocycles. The number of hydrogen-bond acceptors (Lipinski definition) is 3. The lowest BCUT2D eigenvalue weighted by Gasteiger charge is -2.26. The number of aliphatic hydroxyl groups is 1. The van der Waals surface area contributed by atoms with Gasteiger partial charge in [0.25, 0.3) is 5.91 Å². The summed E-state index contributed by atoms with van der Waals surface area (Å²) < 4.78 is 5.33. The summed E-state index contributed by atoms with van der Waals surface area (Å²) in [7, 11) is 0.